The number of Topliss-reactive ketones (excluding diaryl/α,β-unsaturated/α-hetero) is 2. The minimum absolute atomic E-state index is 0.0270. The summed E-state index contributed by atoms with van der Waals surface area (Å²) in [5, 5.41) is 17.1. The molecule has 2 N–H and O–H groups in total. The zero-order valence-corrected chi connectivity index (χ0v) is 84.3. The molecule has 5 heterocycles. The van der Waals surface area contributed by atoms with Crippen molar-refractivity contribution in [2.24, 2.45) is 4.99 Å². The van der Waals surface area contributed by atoms with Crippen LogP contribution in [0, 0.1) is 0 Å². The number of carboxylic acids is 1. The smallest absolute Gasteiger partial charge is 0.303 e. The topological polar surface area (TPSA) is 305 Å². The summed E-state index contributed by atoms with van der Waals surface area (Å²) < 4.78 is 98.9. The van der Waals surface area contributed by atoms with Crippen LogP contribution in [0.5, 0.6) is 34.5 Å². The number of nitrogens with zero attached hydrogens (tertiary/aromatic N) is 8. The van der Waals surface area contributed by atoms with E-state index in [1.54, 1.807) is 52.5 Å². The van der Waals surface area contributed by atoms with E-state index in [2.05, 4.69) is 138 Å². The third-order valence-corrected chi connectivity index (χ3v) is 23.5. The number of ether oxygens (including phenoxy) is 16. The minimum Gasteiger partial charge on any atom is -0.508 e. The van der Waals surface area contributed by atoms with Gasteiger partial charge in [-0.3, -0.25) is 24.2 Å². The number of anilines is 7. The van der Waals surface area contributed by atoms with Crippen LogP contribution in [-0.2, 0) is 71.2 Å². The Labute approximate surface area is 829 Å². The third-order valence-electron chi connectivity index (χ3n) is 21.9. The number of hydrogen-bond donors (Lipinski definition) is 2. The lowest BCUT2D eigenvalue weighted by Gasteiger charge is -2.32. The zero-order valence-electron chi connectivity index (χ0n) is 81.3. The zero-order chi connectivity index (χ0) is 99.3. The highest BCUT2D eigenvalue weighted by Crippen LogP contribution is 2.51. The van der Waals surface area contributed by atoms with Crippen LogP contribution in [0.2, 0.25) is 0 Å². The van der Waals surface area contributed by atoms with E-state index in [0.717, 1.165) is 125 Å². The van der Waals surface area contributed by atoms with Gasteiger partial charge >= 0.3 is 5.97 Å². The standard InChI is InChI=1S/C34H45N3O6.C34H43N3O6.C18H27NO6.C8H11NO.C6Cl4O2.C3H6O2/c1-35(2)26-7-9-28-31(23-26)43-32-24-27(36(3)4)8-10-29(32)34(28)25-6-11-30-33(22-25)42-21-20-41-19-18-40-17-16-39-15-13-37(30)12-14-38-5;1-5-35-26-7-9-28-31(23-26)43-32-24-27(36(2)3)8-10-29(32)34(28)25-6-11-30-33(22-25)42-21-20-41-19-18-40-17-16-39-15-13-37(30)12-14-38-4;1-21-6-4-19-5-7-22-8-9-23-10-11-24-12-13-25-18-14-16(15-20)2-3-17(18)19;1-9(2)7-4-3-5-8(10)6-7;7-1-2(8)6(12)4(10)3(9)5(1)11;1-2-3(4)5/h6-11,22-24,34H,12-21H2,1-5H3;6-11,22-24H,5,12-21H2,1-4H3;2-3,14-15H,4-13H2,1H3;3-6,10H,1-2H3;;2H2,1H3,(H,4,5). The maximum absolute atomic E-state index is 11.1. The molecule has 0 atom stereocenters. The van der Waals surface area contributed by atoms with Gasteiger partial charge in [0.2, 0.25) is 11.6 Å². The van der Waals surface area contributed by atoms with Crippen LogP contribution in [0.1, 0.15) is 53.2 Å². The molecule has 0 unspecified atom stereocenters. The summed E-state index contributed by atoms with van der Waals surface area (Å²) in [4.78, 5) is 61.9. The maximum atomic E-state index is 11.1. The Hall–Kier alpha value is -10.5. The Kier molecular flexibility index (Phi) is 48.1. The number of phenolic OH excluding ortho intramolecular Hbond substituents is 1. The number of carboxylic acid groups (broad SMARTS) is 1. The summed E-state index contributed by atoms with van der Waals surface area (Å²) in [6.07, 6.45) is 1.04. The monoisotopic (exact) mass is 1990 g/mol. The summed E-state index contributed by atoms with van der Waals surface area (Å²) >= 11 is 21.5. The quantitative estimate of drug-likeness (QED) is 0.0458. The van der Waals surface area contributed by atoms with Crippen molar-refractivity contribution in [3.05, 3.63) is 199 Å². The maximum Gasteiger partial charge on any atom is 0.303 e. The van der Waals surface area contributed by atoms with E-state index in [1.807, 2.05) is 92.5 Å². The summed E-state index contributed by atoms with van der Waals surface area (Å²) in [6, 6.07) is 51.1. The molecule has 35 heteroatoms. The highest BCUT2D eigenvalue weighted by atomic mass is 35.5. The predicted molar refractivity (Wildman–Crippen MR) is 543 cm³/mol. The first-order chi connectivity index (χ1) is 66.8. The fraction of sp³-hybridized carbons (Fsp3) is 0.447. The van der Waals surface area contributed by atoms with Gasteiger partial charge in [-0.1, -0.05) is 83.7 Å². The number of aliphatic carboxylic acids is 1. The van der Waals surface area contributed by atoms with Crippen molar-refractivity contribution in [1.82, 2.24) is 0 Å². The normalized spacial score (nSPS) is 15.9. The summed E-state index contributed by atoms with van der Waals surface area (Å²) in [6.45, 7) is 21.2. The van der Waals surface area contributed by atoms with Gasteiger partial charge in [0.1, 0.15) is 92.1 Å². The van der Waals surface area contributed by atoms with Gasteiger partial charge in [0.25, 0.3) is 0 Å². The van der Waals surface area contributed by atoms with Crippen LogP contribution in [0.3, 0.4) is 0 Å². The van der Waals surface area contributed by atoms with Crippen molar-refractivity contribution >= 4 is 121 Å². The molecule has 2 aliphatic carbocycles. The largest absolute Gasteiger partial charge is 0.508 e. The molecule has 7 aromatic carbocycles. The highest BCUT2D eigenvalue weighted by Gasteiger charge is 2.34. The first-order valence-corrected chi connectivity index (χ1v) is 47.4. The molecule has 7 aliphatic rings. The average molecular weight is 1990 g/mol. The lowest BCUT2D eigenvalue weighted by Crippen LogP contribution is -2.31. The Morgan fingerprint density at radius 2 is 0.833 bits per heavy atom. The molecule has 750 valence electrons. The number of phenols is 1. The van der Waals surface area contributed by atoms with E-state index >= 15 is 0 Å². The number of carbonyl (C=O) groups excluding carboxylic acids is 3. The molecular weight excluding hydrogens is 1860 g/mol. The summed E-state index contributed by atoms with van der Waals surface area (Å²) in [5.41, 5.74) is 15.1. The number of ketones is 2. The van der Waals surface area contributed by atoms with E-state index in [9.17, 15) is 19.2 Å². The molecule has 0 saturated heterocycles. The summed E-state index contributed by atoms with van der Waals surface area (Å²) in [5.74, 6) is 2.87. The Balaban J connectivity index is 0.000000208. The van der Waals surface area contributed by atoms with Crippen LogP contribution < -0.4 is 58.6 Å². The number of aldehydes is 1. The van der Waals surface area contributed by atoms with Gasteiger partial charge in [-0.15, -0.1) is 0 Å². The van der Waals surface area contributed by atoms with Crippen LogP contribution >= 0.6 is 46.4 Å². The number of halogens is 4. The van der Waals surface area contributed by atoms with E-state index in [-0.39, 0.29) is 12.3 Å². The second kappa shape index (κ2) is 59.8. The molecule has 0 fully saturated rings. The number of benzene rings is 8. The second-order valence-corrected chi connectivity index (χ2v) is 33.8. The lowest BCUT2D eigenvalue weighted by atomic mass is 9.82. The molecule has 0 radical (unpaired) electrons. The highest BCUT2D eigenvalue weighted by molar-refractivity contribution is 6.69. The fourth-order valence-electron chi connectivity index (χ4n) is 14.6. The van der Waals surface area contributed by atoms with Gasteiger partial charge in [0.15, 0.2) is 0 Å². The van der Waals surface area contributed by atoms with E-state index < -0.39 is 37.7 Å². The number of aromatic hydroxyl groups is 1. The lowest BCUT2D eigenvalue weighted by molar-refractivity contribution is -0.136. The third kappa shape index (κ3) is 34.2. The molecule has 0 bridgehead atoms. The molecule has 138 heavy (non-hydrogen) atoms. The predicted octanol–water partition coefficient (Wildman–Crippen LogP) is 15.9. The van der Waals surface area contributed by atoms with Crippen molar-refractivity contribution in [3.63, 3.8) is 0 Å². The van der Waals surface area contributed by atoms with Gasteiger partial charge in [0, 0.05) is 222 Å². The number of rotatable bonds is 18. The van der Waals surface area contributed by atoms with Crippen molar-refractivity contribution in [2.45, 2.75) is 26.2 Å². The van der Waals surface area contributed by atoms with E-state index in [4.69, 9.17) is 137 Å². The second-order valence-electron chi connectivity index (χ2n) is 32.3. The fourth-order valence-corrected chi connectivity index (χ4v) is 15.4. The number of hydrogen-bond acceptors (Lipinski definition) is 30. The molecule has 14 rings (SSSR count). The number of fused-ring (bicyclic) bond motifs is 7. The van der Waals surface area contributed by atoms with Crippen molar-refractivity contribution in [3.8, 4) is 56.9 Å². The van der Waals surface area contributed by atoms with Crippen molar-refractivity contribution in [1.29, 1.82) is 0 Å². The van der Waals surface area contributed by atoms with Crippen molar-refractivity contribution in [2.75, 3.05) is 316 Å². The van der Waals surface area contributed by atoms with E-state index in [0.29, 0.717) is 221 Å². The average Bonchev–Trinajstić information content (AvgIpc) is 0.750. The van der Waals surface area contributed by atoms with Gasteiger partial charge in [-0.25, -0.2) is 0 Å². The molecular formula is C103H132Cl4N8O23. The van der Waals surface area contributed by atoms with Gasteiger partial charge in [-0.2, -0.15) is 0 Å². The van der Waals surface area contributed by atoms with Gasteiger partial charge in [0.05, 0.1) is 161 Å². The Bertz CT molecular complexity index is 5310. The molecule has 31 nitrogen and oxygen atoms in total. The SMILES string of the molecule is CCC(=O)O.CCN=c1ccc2c(-c3ccc4c(c3)OCCOCCOCCOCCN4CCOC)c3ccc(N(C)C)cc3oc-2c1.CN(C)c1cccc(O)c1.COCCN1CCOCCOCCOCCOc2cc(C3c4ccc(N(C)C)cc4Oc4cc(N(C)C)ccc43)ccc21.COCCN1CCOCCOCCOCCOc2cc(C=O)ccc21.O=C1C(Cl)=C(Cl)C(=O)C(Cl)=C1Cl. The Morgan fingerprint density at radius 1 is 0.442 bits per heavy atom. The number of methoxy groups -OCH3 is 3. The Morgan fingerprint density at radius 3 is 1.24 bits per heavy atom. The van der Waals surface area contributed by atoms with Crippen LogP contribution in [0.4, 0.5) is 39.8 Å². The molecule has 0 aromatic heterocycles. The molecule has 0 saturated carbocycles. The molecule has 5 aliphatic heterocycles. The first kappa shape index (κ1) is 111. The van der Waals surface area contributed by atoms with Gasteiger partial charge < -0.3 is 125 Å². The van der Waals surface area contributed by atoms with E-state index in [1.165, 1.54) is 0 Å². The van der Waals surface area contributed by atoms with Crippen LogP contribution in [0.15, 0.2) is 181 Å². The van der Waals surface area contributed by atoms with Crippen LogP contribution in [0.25, 0.3) is 33.4 Å². The summed E-state index contributed by atoms with van der Waals surface area (Å²) in [7, 11) is 21.2. The number of allylic oxidation sites excluding steroid dienone is 4. The van der Waals surface area contributed by atoms with Crippen LogP contribution in [-0.4, -0.2) is 316 Å². The molecule has 7 aromatic rings. The molecule has 0 spiro atoms. The van der Waals surface area contributed by atoms with Crippen molar-refractivity contribution < 1.29 is 110 Å². The molecule has 0 amide bonds. The van der Waals surface area contributed by atoms with Gasteiger partial charge in [-0.05, 0) is 109 Å². The minimum atomic E-state index is -0.745. The number of carbonyl (C=O) groups is 4. The first-order valence-electron chi connectivity index (χ1n) is 45.9.